The molecule has 0 N–H and O–H groups in total. The van der Waals surface area contributed by atoms with Gasteiger partial charge in [-0.05, 0) is 40.3 Å². The summed E-state index contributed by atoms with van der Waals surface area (Å²) in [5.74, 6) is -0.736. The molecule has 0 atom stereocenters. The molecule has 0 spiro atoms. The molecule has 1 aliphatic rings. The Balaban J connectivity index is 2.43. The first kappa shape index (κ1) is 13.4. The molecule has 0 unspecified atom stereocenters. The van der Waals surface area contributed by atoms with E-state index in [1.165, 1.54) is 21.1 Å². The lowest BCUT2D eigenvalue weighted by atomic mass is 10.1. The molecule has 2 amide bonds. The standard InChI is InChI=1S/C11H9BrN2O2S2/c1-13-9(15)8(10(16)14(2)11(13)17)4-7-3-6(12)5-18-7/h3-5H,1-2H3. The molecule has 94 valence electrons. The summed E-state index contributed by atoms with van der Waals surface area (Å²) in [5.41, 5.74) is 0.128. The van der Waals surface area contributed by atoms with Crippen molar-refractivity contribution in [2.45, 2.75) is 0 Å². The second-order valence-corrected chi connectivity index (χ2v) is 5.96. The minimum atomic E-state index is -0.368. The lowest BCUT2D eigenvalue weighted by molar-refractivity contribution is -0.132. The Labute approximate surface area is 122 Å². The summed E-state index contributed by atoms with van der Waals surface area (Å²) in [4.78, 5) is 27.5. The fraction of sp³-hybridized carbons (Fsp3) is 0.182. The van der Waals surface area contributed by atoms with Crippen LogP contribution in [0.2, 0.25) is 0 Å². The van der Waals surface area contributed by atoms with Crippen LogP contribution in [0.3, 0.4) is 0 Å². The predicted octanol–water partition coefficient (Wildman–Crippen LogP) is 2.11. The van der Waals surface area contributed by atoms with Crippen molar-refractivity contribution in [2.24, 2.45) is 0 Å². The van der Waals surface area contributed by atoms with Crippen LogP contribution < -0.4 is 0 Å². The zero-order chi connectivity index (χ0) is 13.4. The summed E-state index contributed by atoms with van der Waals surface area (Å²) >= 11 is 9.79. The van der Waals surface area contributed by atoms with E-state index in [1.807, 2.05) is 11.4 Å². The first-order chi connectivity index (χ1) is 8.41. The molecule has 1 saturated heterocycles. The fourth-order valence-electron chi connectivity index (χ4n) is 1.52. The summed E-state index contributed by atoms with van der Waals surface area (Å²) in [6.45, 7) is 0. The Kier molecular flexibility index (Phi) is 3.65. The van der Waals surface area contributed by atoms with E-state index in [0.29, 0.717) is 0 Å². The third-order valence-corrected chi connectivity index (χ3v) is 4.71. The van der Waals surface area contributed by atoms with Crippen LogP contribution in [0.4, 0.5) is 0 Å². The maximum Gasteiger partial charge on any atom is 0.265 e. The molecule has 1 fully saturated rings. The molecular weight excluding hydrogens is 336 g/mol. The van der Waals surface area contributed by atoms with Gasteiger partial charge in [-0.15, -0.1) is 11.3 Å². The topological polar surface area (TPSA) is 40.6 Å². The van der Waals surface area contributed by atoms with E-state index in [0.717, 1.165) is 9.35 Å². The van der Waals surface area contributed by atoms with E-state index in [2.05, 4.69) is 15.9 Å². The van der Waals surface area contributed by atoms with Gasteiger partial charge in [-0.2, -0.15) is 0 Å². The number of halogens is 1. The van der Waals surface area contributed by atoms with Crippen LogP contribution in [0.5, 0.6) is 0 Å². The molecular formula is C11H9BrN2O2S2. The van der Waals surface area contributed by atoms with Gasteiger partial charge in [-0.1, -0.05) is 0 Å². The lowest BCUT2D eigenvalue weighted by Crippen LogP contribution is -2.52. The number of carbonyl (C=O) groups is 2. The van der Waals surface area contributed by atoms with Crippen molar-refractivity contribution >= 4 is 62.5 Å². The number of amides is 2. The van der Waals surface area contributed by atoms with Crippen LogP contribution in [-0.2, 0) is 9.59 Å². The normalized spacial score (nSPS) is 16.6. The van der Waals surface area contributed by atoms with Gasteiger partial charge in [0.15, 0.2) is 5.11 Å². The highest BCUT2D eigenvalue weighted by atomic mass is 79.9. The van der Waals surface area contributed by atoms with E-state index in [1.54, 1.807) is 20.2 Å². The highest BCUT2D eigenvalue weighted by molar-refractivity contribution is 9.10. The van der Waals surface area contributed by atoms with Crippen LogP contribution in [-0.4, -0.2) is 40.8 Å². The van der Waals surface area contributed by atoms with Gasteiger partial charge in [-0.3, -0.25) is 19.4 Å². The SMILES string of the molecule is CN1C(=O)C(=Cc2cc(Br)cs2)C(=O)N(C)C1=S. The van der Waals surface area contributed by atoms with Gasteiger partial charge < -0.3 is 0 Å². The molecule has 0 aromatic carbocycles. The molecule has 1 aliphatic heterocycles. The number of likely N-dealkylation sites (N-methyl/N-ethyl adjacent to an activating group) is 2. The second kappa shape index (κ2) is 4.91. The predicted molar refractivity (Wildman–Crippen MR) is 78.1 cm³/mol. The second-order valence-electron chi connectivity index (χ2n) is 3.74. The van der Waals surface area contributed by atoms with Gasteiger partial charge in [0.25, 0.3) is 11.8 Å². The number of thiophene rings is 1. The zero-order valence-corrected chi connectivity index (χ0v) is 12.9. The van der Waals surface area contributed by atoms with Gasteiger partial charge in [0.05, 0.1) is 0 Å². The summed E-state index contributed by atoms with van der Waals surface area (Å²) in [6.07, 6.45) is 1.59. The van der Waals surface area contributed by atoms with Crippen molar-refractivity contribution in [2.75, 3.05) is 14.1 Å². The van der Waals surface area contributed by atoms with E-state index >= 15 is 0 Å². The molecule has 1 aromatic rings. The largest absolute Gasteiger partial charge is 0.288 e. The van der Waals surface area contributed by atoms with Crippen LogP contribution in [0, 0.1) is 0 Å². The highest BCUT2D eigenvalue weighted by Crippen LogP contribution is 2.24. The van der Waals surface area contributed by atoms with E-state index in [4.69, 9.17) is 12.2 Å². The molecule has 0 saturated carbocycles. The average Bonchev–Trinajstić information content (AvgIpc) is 2.75. The number of rotatable bonds is 1. The van der Waals surface area contributed by atoms with Crippen molar-refractivity contribution < 1.29 is 9.59 Å². The van der Waals surface area contributed by atoms with Gasteiger partial charge >= 0.3 is 0 Å². The number of carbonyl (C=O) groups excluding carboxylic acids is 2. The number of thiocarbonyl (C=S) groups is 1. The van der Waals surface area contributed by atoms with Crippen molar-refractivity contribution in [3.05, 3.63) is 26.4 Å². The van der Waals surface area contributed by atoms with Gasteiger partial charge in [-0.25, -0.2) is 0 Å². The molecule has 2 rings (SSSR count). The zero-order valence-electron chi connectivity index (χ0n) is 9.64. The lowest BCUT2D eigenvalue weighted by Gasteiger charge is -2.31. The third kappa shape index (κ3) is 2.25. The molecule has 7 heteroatoms. The Bertz CT molecular complexity index is 553. The van der Waals surface area contributed by atoms with E-state index in [9.17, 15) is 9.59 Å². The maximum absolute atomic E-state index is 12.0. The molecule has 0 bridgehead atoms. The molecule has 0 radical (unpaired) electrons. The molecule has 0 aliphatic carbocycles. The number of nitrogens with zero attached hydrogens (tertiary/aromatic N) is 2. The van der Waals surface area contributed by atoms with Gasteiger partial charge in [0, 0.05) is 28.8 Å². The summed E-state index contributed by atoms with van der Waals surface area (Å²) in [7, 11) is 3.12. The number of hydrogen-bond donors (Lipinski definition) is 0. The Morgan fingerprint density at radius 2 is 1.83 bits per heavy atom. The Morgan fingerprint density at radius 1 is 1.28 bits per heavy atom. The minimum Gasteiger partial charge on any atom is -0.288 e. The highest BCUT2D eigenvalue weighted by Gasteiger charge is 2.35. The molecule has 2 heterocycles. The van der Waals surface area contributed by atoms with Crippen molar-refractivity contribution in [3.63, 3.8) is 0 Å². The van der Waals surface area contributed by atoms with Crippen molar-refractivity contribution in [1.29, 1.82) is 0 Å². The summed E-state index contributed by atoms with van der Waals surface area (Å²) < 4.78 is 0.923. The third-order valence-electron chi connectivity index (χ3n) is 2.52. The average molecular weight is 345 g/mol. The summed E-state index contributed by atoms with van der Waals surface area (Å²) in [6, 6.07) is 1.85. The van der Waals surface area contributed by atoms with E-state index in [-0.39, 0.29) is 22.5 Å². The van der Waals surface area contributed by atoms with E-state index < -0.39 is 0 Å². The van der Waals surface area contributed by atoms with Crippen molar-refractivity contribution in [3.8, 4) is 0 Å². The van der Waals surface area contributed by atoms with Crippen molar-refractivity contribution in [1.82, 2.24) is 9.80 Å². The first-order valence-electron chi connectivity index (χ1n) is 4.97. The minimum absolute atomic E-state index is 0.128. The van der Waals surface area contributed by atoms with Crippen LogP contribution >= 0.6 is 39.5 Å². The monoisotopic (exact) mass is 344 g/mol. The maximum atomic E-state index is 12.0. The number of hydrogen-bond acceptors (Lipinski definition) is 4. The van der Waals surface area contributed by atoms with Gasteiger partial charge in [0.2, 0.25) is 0 Å². The van der Waals surface area contributed by atoms with Crippen LogP contribution in [0.1, 0.15) is 4.88 Å². The summed E-state index contributed by atoms with van der Waals surface area (Å²) in [5, 5.41) is 2.11. The fourth-order valence-corrected chi connectivity index (χ4v) is 3.06. The van der Waals surface area contributed by atoms with Crippen LogP contribution in [0.25, 0.3) is 6.08 Å². The van der Waals surface area contributed by atoms with Gasteiger partial charge in [0.1, 0.15) is 5.57 Å². The molecule has 18 heavy (non-hydrogen) atoms. The Morgan fingerprint density at radius 3 is 2.28 bits per heavy atom. The smallest absolute Gasteiger partial charge is 0.265 e. The molecule has 1 aromatic heterocycles. The Hall–Kier alpha value is -1.05. The first-order valence-corrected chi connectivity index (χ1v) is 7.05. The molecule has 4 nitrogen and oxygen atoms in total. The van der Waals surface area contributed by atoms with Crippen LogP contribution in [0.15, 0.2) is 21.5 Å². The quantitative estimate of drug-likeness (QED) is 0.445.